The number of carbonyl (C=O) groups excluding carboxylic acids is 2. The van der Waals surface area contributed by atoms with Crippen molar-refractivity contribution in [1.82, 2.24) is 0 Å². The maximum absolute atomic E-state index is 11.4. The molecule has 0 fully saturated rings. The molecule has 0 saturated heterocycles. The summed E-state index contributed by atoms with van der Waals surface area (Å²) in [5.41, 5.74) is 0.0544. The number of esters is 2. The van der Waals surface area contributed by atoms with Crippen LogP contribution >= 0.6 is 15.9 Å². The van der Waals surface area contributed by atoms with Crippen molar-refractivity contribution in [3.8, 4) is 5.75 Å². The van der Waals surface area contributed by atoms with Gasteiger partial charge in [0, 0.05) is 12.2 Å². The van der Waals surface area contributed by atoms with Gasteiger partial charge in [0.05, 0.1) is 16.6 Å². The van der Waals surface area contributed by atoms with Crippen LogP contribution in [-0.4, -0.2) is 29.6 Å². The van der Waals surface area contributed by atoms with Crippen LogP contribution in [-0.2, 0) is 14.3 Å². The summed E-state index contributed by atoms with van der Waals surface area (Å²) in [5.74, 6) is -2.37. The first-order chi connectivity index (χ1) is 9.43. The van der Waals surface area contributed by atoms with Gasteiger partial charge in [0.25, 0.3) is 0 Å². The van der Waals surface area contributed by atoms with Crippen molar-refractivity contribution in [2.24, 2.45) is 0 Å². The zero-order chi connectivity index (χ0) is 15.1. The molecule has 0 atom stereocenters. The Kier molecular flexibility index (Phi) is 5.92. The van der Waals surface area contributed by atoms with Crippen molar-refractivity contribution < 1.29 is 29.0 Å². The number of carboxylic acids is 1. The first-order valence-corrected chi connectivity index (χ1v) is 6.32. The highest BCUT2D eigenvalue weighted by Gasteiger charge is 2.10. The quantitative estimate of drug-likeness (QED) is 0.501. The number of halogens is 1. The Hall–Kier alpha value is -2.15. The minimum absolute atomic E-state index is 0.0544. The molecule has 0 unspecified atom stereocenters. The van der Waals surface area contributed by atoms with Gasteiger partial charge in [-0.2, -0.15) is 0 Å². The van der Waals surface area contributed by atoms with Crippen molar-refractivity contribution in [2.75, 3.05) is 6.61 Å². The van der Waals surface area contributed by atoms with Crippen molar-refractivity contribution >= 4 is 33.8 Å². The molecule has 0 saturated carbocycles. The van der Waals surface area contributed by atoms with E-state index in [-0.39, 0.29) is 17.9 Å². The van der Waals surface area contributed by atoms with E-state index < -0.39 is 17.9 Å². The fraction of sp³-hybridized carbons (Fsp3) is 0.154. The predicted molar refractivity (Wildman–Crippen MR) is 72.5 cm³/mol. The summed E-state index contributed by atoms with van der Waals surface area (Å²) < 4.78 is 9.85. The number of benzene rings is 1. The van der Waals surface area contributed by atoms with Gasteiger partial charge in [-0.3, -0.25) is 0 Å². The third-order valence-corrected chi connectivity index (χ3v) is 2.65. The van der Waals surface area contributed by atoms with Crippen LogP contribution in [0.5, 0.6) is 5.75 Å². The van der Waals surface area contributed by atoms with Crippen molar-refractivity contribution in [1.29, 1.82) is 0 Å². The Morgan fingerprint density at radius 1 is 1.25 bits per heavy atom. The Morgan fingerprint density at radius 2 is 1.90 bits per heavy atom. The molecule has 6 nitrogen and oxygen atoms in total. The SMILES string of the molecule is CCOC(=O)/C=C/C(=O)Oc1ccc(C(=O)O)cc1Br. The third-order valence-electron chi connectivity index (χ3n) is 2.03. The lowest BCUT2D eigenvalue weighted by Crippen LogP contribution is -2.07. The van der Waals surface area contributed by atoms with E-state index >= 15 is 0 Å². The van der Waals surface area contributed by atoms with Crippen molar-refractivity contribution in [3.63, 3.8) is 0 Å². The van der Waals surface area contributed by atoms with Gasteiger partial charge in [-0.25, -0.2) is 14.4 Å². The lowest BCUT2D eigenvalue weighted by Gasteiger charge is -2.04. The molecule has 0 radical (unpaired) electrons. The van der Waals surface area contributed by atoms with Crippen molar-refractivity contribution in [3.05, 3.63) is 40.4 Å². The van der Waals surface area contributed by atoms with Gasteiger partial charge in [-0.15, -0.1) is 0 Å². The van der Waals surface area contributed by atoms with Gasteiger partial charge in [-0.05, 0) is 41.1 Å². The summed E-state index contributed by atoms with van der Waals surface area (Å²) >= 11 is 3.09. The molecule has 0 heterocycles. The van der Waals surface area contributed by atoms with Crippen LogP contribution < -0.4 is 4.74 Å². The van der Waals surface area contributed by atoms with Gasteiger partial charge in [0.15, 0.2) is 0 Å². The molecule has 0 aliphatic heterocycles. The summed E-state index contributed by atoms with van der Waals surface area (Å²) in [5, 5.41) is 8.79. The maximum Gasteiger partial charge on any atom is 0.336 e. The van der Waals surface area contributed by atoms with Gasteiger partial charge < -0.3 is 14.6 Å². The summed E-state index contributed by atoms with van der Waals surface area (Å²) in [7, 11) is 0. The summed E-state index contributed by atoms with van der Waals surface area (Å²) in [6.07, 6.45) is 1.88. The maximum atomic E-state index is 11.4. The normalized spacial score (nSPS) is 10.3. The van der Waals surface area contributed by atoms with E-state index in [1.54, 1.807) is 6.92 Å². The van der Waals surface area contributed by atoms with Crippen LogP contribution in [0, 0.1) is 0 Å². The Bertz CT molecular complexity index is 564. The monoisotopic (exact) mass is 342 g/mol. The molecule has 0 spiro atoms. The molecular formula is C13H11BrO6. The smallest absolute Gasteiger partial charge is 0.336 e. The van der Waals surface area contributed by atoms with E-state index in [2.05, 4.69) is 20.7 Å². The molecular weight excluding hydrogens is 332 g/mol. The summed E-state index contributed by atoms with van der Waals surface area (Å²) in [6.45, 7) is 1.85. The lowest BCUT2D eigenvalue weighted by atomic mass is 10.2. The highest BCUT2D eigenvalue weighted by Crippen LogP contribution is 2.26. The van der Waals surface area contributed by atoms with Crippen molar-refractivity contribution in [2.45, 2.75) is 6.92 Å². The average molecular weight is 343 g/mol. The first-order valence-electron chi connectivity index (χ1n) is 5.53. The van der Waals surface area contributed by atoms with Crippen LogP contribution in [0.4, 0.5) is 0 Å². The molecule has 1 rings (SSSR count). The molecule has 106 valence electrons. The van der Waals surface area contributed by atoms with E-state index in [0.29, 0.717) is 4.47 Å². The fourth-order valence-electron chi connectivity index (χ4n) is 1.19. The van der Waals surface area contributed by atoms with E-state index in [1.165, 1.54) is 18.2 Å². The summed E-state index contributed by atoms with van der Waals surface area (Å²) in [6, 6.07) is 3.94. The zero-order valence-electron chi connectivity index (χ0n) is 10.5. The number of rotatable bonds is 5. The highest BCUT2D eigenvalue weighted by atomic mass is 79.9. The molecule has 0 amide bonds. The number of carbonyl (C=O) groups is 3. The number of ether oxygens (including phenoxy) is 2. The molecule has 7 heteroatoms. The topological polar surface area (TPSA) is 89.9 Å². The second-order valence-electron chi connectivity index (χ2n) is 3.46. The predicted octanol–water partition coefficient (Wildman–Crippen LogP) is 2.17. The second kappa shape index (κ2) is 7.44. The van der Waals surface area contributed by atoms with Crippen LogP contribution in [0.3, 0.4) is 0 Å². The first kappa shape index (κ1) is 15.9. The molecule has 1 N–H and O–H groups in total. The lowest BCUT2D eigenvalue weighted by molar-refractivity contribution is -0.138. The van der Waals surface area contributed by atoms with Crippen LogP contribution in [0.2, 0.25) is 0 Å². The molecule has 1 aromatic carbocycles. The number of carboxylic acid groups (broad SMARTS) is 1. The number of hydrogen-bond donors (Lipinski definition) is 1. The van der Waals surface area contributed by atoms with E-state index in [4.69, 9.17) is 9.84 Å². The standard InChI is InChI=1S/C13H11BrO6/c1-2-19-11(15)5-6-12(16)20-10-4-3-8(13(17)18)7-9(10)14/h3-7H,2H2,1H3,(H,17,18)/b6-5+. The van der Waals surface area contributed by atoms with Crippen LogP contribution in [0.15, 0.2) is 34.8 Å². The zero-order valence-corrected chi connectivity index (χ0v) is 12.0. The molecule has 20 heavy (non-hydrogen) atoms. The van der Waals surface area contributed by atoms with E-state index in [0.717, 1.165) is 12.2 Å². The van der Waals surface area contributed by atoms with E-state index in [1.807, 2.05) is 0 Å². The molecule has 0 aliphatic rings. The Labute approximate surface area is 123 Å². The van der Waals surface area contributed by atoms with E-state index in [9.17, 15) is 14.4 Å². The minimum atomic E-state index is -1.09. The molecule has 1 aromatic rings. The van der Waals surface area contributed by atoms with Crippen LogP contribution in [0.25, 0.3) is 0 Å². The number of hydrogen-bond acceptors (Lipinski definition) is 5. The Balaban J connectivity index is 2.71. The van der Waals surface area contributed by atoms with Crippen LogP contribution in [0.1, 0.15) is 17.3 Å². The largest absolute Gasteiger partial charge is 0.478 e. The number of aromatic carboxylic acids is 1. The molecule has 0 aromatic heterocycles. The summed E-state index contributed by atoms with van der Waals surface area (Å²) in [4.78, 5) is 33.2. The molecule has 0 bridgehead atoms. The second-order valence-corrected chi connectivity index (χ2v) is 4.31. The highest BCUT2D eigenvalue weighted by molar-refractivity contribution is 9.10. The van der Waals surface area contributed by atoms with Gasteiger partial charge >= 0.3 is 17.9 Å². The Morgan fingerprint density at radius 3 is 2.45 bits per heavy atom. The van der Waals surface area contributed by atoms with Gasteiger partial charge in [0.1, 0.15) is 5.75 Å². The van der Waals surface area contributed by atoms with Gasteiger partial charge in [-0.1, -0.05) is 0 Å². The molecule has 0 aliphatic carbocycles. The minimum Gasteiger partial charge on any atom is -0.478 e. The fourth-order valence-corrected chi connectivity index (χ4v) is 1.65. The van der Waals surface area contributed by atoms with Gasteiger partial charge in [0.2, 0.25) is 0 Å². The third kappa shape index (κ3) is 4.85. The average Bonchev–Trinajstić information content (AvgIpc) is 2.39.